The Morgan fingerprint density at radius 3 is 3.00 bits per heavy atom. The highest BCUT2D eigenvalue weighted by Crippen LogP contribution is 2.22. The standard InChI is InChI=1S/C11H20N4O/c1-8(2)10-13-11(16-14-10)15-5-3-4-9(6-12)7-15/h8-9H,3-7,12H2,1-2H3. The van der Waals surface area contributed by atoms with Gasteiger partial charge in [-0.15, -0.1) is 0 Å². The molecule has 5 nitrogen and oxygen atoms in total. The molecule has 1 aromatic rings. The van der Waals surface area contributed by atoms with Crippen LogP contribution in [0.4, 0.5) is 6.01 Å². The molecular weight excluding hydrogens is 204 g/mol. The smallest absolute Gasteiger partial charge is 0.324 e. The zero-order chi connectivity index (χ0) is 11.5. The van der Waals surface area contributed by atoms with Crippen LogP contribution in [0.2, 0.25) is 0 Å². The molecule has 16 heavy (non-hydrogen) atoms. The third-order valence-corrected chi connectivity index (χ3v) is 3.07. The van der Waals surface area contributed by atoms with Crippen LogP contribution in [0.15, 0.2) is 4.52 Å². The lowest BCUT2D eigenvalue weighted by Gasteiger charge is -2.30. The van der Waals surface area contributed by atoms with Crippen LogP contribution in [-0.2, 0) is 0 Å². The number of nitrogens with two attached hydrogens (primary N) is 1. The fraction of sp³-hybridized carbons (Fsp3) is 0.818. The second-order valence-corrected chi connectivity index (χ2v) is 4.78. The molecular formula is C11H20N4O. The molecule has 1 unspecified atom stereocenters. The van der Waals surface area contributed by atoms with E-state index in [1.54, 1.807) is 0 Å². The van der Waals surface area contributed by atoms with Gasteiger partial charge in [-0.05, 0) is 25.3 Å². The number of hydrogen-bond donors (Lipinski definition) is 1. The van der Waals surface area contributed by atoms with Crippen LogP contribution >= 0.6 is 0 Å². The lowest BCUT2D eigenvalue weighted by Crippen LogP contribution is -2.38. The summed E-state index contributed by atoms with van der Waals surface area (Å²) in [6, 6.07) is 0.654. The van der Waals surface area contributed by atoms with Crippen LogP contribution in [0.5, 0.6) is 0 Å². The Balaban J connectivity index is 2.05. The van der Waals surface area contributed by atoms with Gasteiger partial charge in [-0.25, -0.2) is 0 Å². The lowest BCUT2D eigenvalue weighted by molar-refractivity contribution is 0.364. The highest BCUT2D eigenvalue weighted by atomic mass is 16.5. The molecule has 0 spiro atoms. The Morgan fingerprint density at radius 2 is 2.38 bits per heavy atom. The zero-order valence-electron chi connectivity index (χ0n) is 10.0. The molecule has 1 aliphatic heterocycles. The first kappa shape index (κ1) is 11.4. The van der Waals surface area contributed by atoms with Crippen LogP contribution in [0.3, 0.4) is 0 Å². The van der Waals surface area contributed by atoms with E-state index in [2.05, 4.69) is 28.9 Å². The molecule has 1 aliphatic rings. The lowest BCUT2D eigenvalue weighted by atomic mass is 9.99. The van der Waals surface area contributed by atoms with Crippen molar-refractivity contribution in [2.45, 2.75) is 32.6 Å². The number of hydrogen-bond acceptors (Lipinski definition) is 5. The van der Waals surface area contributed by atoms with E-state index in [9.17, 15) is 0 Å². The summed E-state index contributed by atoms with van der Waals surface area (Å²) in [6.45, 7) is 6.80. The van der Waals surface area contributed by atoms with Gasteiger partial charge in [0.2, 0.25) is 0 Å². The first-order valence-electron chi connectivity index (χ1n) is 5.99. The number of aromatic nitrogens is 2. The Bertz CT molecular complexity index is 336. The first-order valence-corrected chi connectivity index (χ1v) is 5.99. The molecule has 0 amide bonds. The number of nitrogens with zero attached hydrogens (tertiary/aromatic N) is 3. The summed E-state index contributed by atoms with van der Waals surface area (Å²) in [7, 11) is 0. The average molecular weight is 224 g/mol. The maximum absolute atomic E-state index is 5.70. The van der Waals surface area contributed by atoms with Gasteiger partial charge in [0.15, 0.2) is 5.82 Å². The Labute approximate surface area is 96.0 Å². The Kier molecular flexibility index (Phi) is 3.43. The minimum absolute atomic E-state index is 0.313. The summed E-state index contributed by atoms with van der Waals surface area (Å²) in [5, 5.41) is 3.98. The van der Waals surface area contributed by atoms with Crippen LogP contribution in [0.25, 0.3) is 0 Å². The van der Waals surface area contributed by atoms with Gasteiger partial charge in [0.05, 0.1) is 0 Å². The quantitative estimate of drug-likeness (QED) is 0.839. The zero-order valence-corrected chi connectivity index (χ0v) is 10.0. The Hall–Kier alpha value is -1.10. The summed E-state index contributed by atoms with van der Waals surface area (Å²) in [5.41, 5.74) is 5.70. The maximum atomic E-state index is 5.70. The minimum Gasteiger partial charge on any atom is -0.330 e. The molecule has 2 rings (SSSR count). The number of anilines is 1. The molecule has 1 fully saturated rings. The van der Waals surface area contributed by atoms with Gasteiger partial charge in [-0.2, -0.15) is 4.98 Å². The normalized spacial score (nSPS) is 21.8. The molecule has 0 saturated carbocycles. The van der Waals surface area contributed by atoms with Crippen LogP contribution in [0, 0.1) is 5.92 Å². The van der Waals surface area contributed by atoms with Crippen molar-refractivity contribution in [1.82, 2.24) is 10.1 Å². The SMILES string of the molecule is CC(C)c1noc(N2CCCC(CN)C2)n1. The van der Waals surface area contributed by atoms with Crippen molar-refractivity contribution in [3.63, 3.8) is 0 Å². The molecule has 1 saturated heterocycles. The van der Waals surface area contributed by atoms with E-state index in [0.717, 1.165) is 31.9 Å². The van der Waals surface area contributed by atoms with Gasteiger partial charge in [0, 0.05) is 19.0 Å². The molecule has 2 heterocycles. The molecule has 2 N–H and O–H groups in total. The van der Waals surface area contributed by atoms with Crippen molar-refractivity contribution in [2.75, 3.05) is 24.5 Å². The summed E-state index contributed by atoms with van der Waals surface area (Å²) < 4.78 is 5.28. The van der Waals surface area contributed by atoms with Crippen LogP contribution in [0.1, 0.15) is 38.4 Å². The second-order valence-electron chi connectivity index (χ2n) is 4.78. The van der Waals surface area contributed by atoms with Gasteiger partial charge in [0.25, 0.3) is 0 Å². The van der Waals surface area contributed by atoms with Gasteiger partial charge in [-0.1, -0.05) is 19.0 Å². The highest BCUT2D eigenvalue weighted by molar-refractivity contribution is 5.26. The molecule has 0 aromatic carbocycles. The van der Waals surface area contributed by atoms with Crippen molar-refractivity contribution >= 4 is 6.01 Å². The summed E-state index contributed by atoms with van der Waals surface area (Å²) in [5.74, 6) is 1.65. The predicted octanol–water partition coefficient (Wildman–Crippen LogP) is 1.37. The first-order chi connectivity index (χ1) is 7.70. The van der Waals surface area contributed by atoms with E-state index in [4.69, 9.17) is 10.3 Å². The minimum atomic E-state index is 0.313. The number of piperidine rings is 1. The summed E-state index contributed by atoms with van der Waals surface area (Å²) in [6.07, 6.45) is 2.36. The Morgan fingerprint density at radius 1 is 1.56 bits per heavy atom. The number of rotatable bonds is 3. The van der Waals surface area contributed by atoms with Crippen molar-refractivity contribution < 1.29 is 4.52 Å². The van der Waals surface area contributed by atoms with E-state index < -0.39 is 0 Å². The van der Waals surface area contributed by atoms with Gasteiger partial charge in [-0.3, -0.25) is 0 Å². The van der Waals surface area contributed by atoms with E-state index >= 15 is 0 Å². The molecule has 5 heteroatoms. The van der Waals surface area contributed by atoms with Crippen molar-refractivity contribution in [3.05, 3.63) is 5.82 Å². The second kappa shape index (κ2) is 4.82. The molecule has 0 radical (unpaired) electrons. The van der Waals surface area contributed by atoms with E-state index in [-0.39, 0.29) is 0 Å². The molecule has 1 aromatic heterocycles. The topological polar surface area (TPSA) is 68.2 Å². The molecule has 0 aliphatic carbocycles. The molecule has 0 bridgehead atoms. The third-order valence-electron chi connectivity index (χ3n) is 3.07. The fourth-order valence-electron chi connectivity index (χ4n) is 2.02. The summed E-state index contributed by atoms with van der Waals surface area (Å²) >= 11 is 0. The van der Waals surface area contributed by atoms with E-state index in [1.807, 2.05) is 0 Å². The largest absolute Gasteiger partial charge is 0.330 e. The van der Waals surface area contributed by atoms with Crippen LogP contribution in [-0.4, -0.2) is 29.8 Å². The van der Waals surface area contributed by atoms with Crippen LogP contribution < -0.4 is 10.6 Å². The van der Waals surface area contributed by atoms with E-state index in [1.165, 1.54) is 6.42 Å². The predicted molar refractivity (Wildman–Crippen MR) is 62.4 cm³/mol. The van der Waals surface area contributed by atoms with Crippen molar-refractivity contribution in [1.29, 1.82) is 0 Å². The monoisotopic (exact) mass is 224 g/mol. The van der Waals surface area contributed by atoms with Crippen molar-refractivity contribution in [3.8, 4) is 0 Å². The third kappa shape index (κ3) is 2.35. The summed E-state index contributed by atoms with van der Waals surface area (Å²) in [4.78, 5) is 6.56. The molecule has 90 valence electrons. The molecule has 1 atom stereocenters. The maximum Gasteiger partial charge on any atom is 0.324 e. The van der Waals surface area contributed by atoms with Gasteiger partial charge < -0.3 is 15.2 Å². The van der Waals surface area contributed by atoms with E-state index in [0.29, 0.717) is 17.9 Å². The van der Waals surface area contributed by atoms with Gasteiger partial charge in [0.1, 0.15) is 0 Å². The van der Waals surface area contributed by atoms with Crippen molar-refractivity contribution in [2.24, 2.45) is 11.7 Å². The fourth-order valence-corrected chi connectivity index (χ4v) is 2.02. The highest BCUT2D eigenvalue weighted by Gasteiger charge is 2.23. The average Bonchev–Trinajstić information content (AvgIpc) is 2.78. The van der Waals surface area contributed by atoms with Gasteiger partial charge >= 0.3 is 6.01 Å².